The molecule has 0 radical (unpaired) electrons. The Morgan fingerprint density at radius 3 is 2.35 bits per heavy atom. The van der Waals surface area contributed by atoms with E-state index in [0.717, 1.165) is 42.7 Å². The van der Waals surface area contributed by atoms with Crippen LogP contribution in [-0.4, -0.2) is 30.4 Å². The lowest BCUT2D eigenvalue weighted by Gasteiger charge is -2.33. The van der Waals surface area contributed by atoms with Gasteiger partial charge in [-0.3, -0.25) is 4.79 Å². The molecule has 0 aromatic heterocycles. The number of carbonyl (C=O) groups excluding carboxylic acids is 1. The summed E-state index contributed by atoms with van der Waals surface area (Å²) in [5.41, 5.74) is 3.19. The van der Waals surface area contributed by atoms with E-state index in [4.69, 9.17) is 23.2 Å². The quantitative estimate of drug-likeness (QED) is 0.749. The van der Waals surface area contributed by atoms with E-state index in [1.165, 1.54) is 0 Å². The zero-order chi connectivity index (χ0) is 18.7. The van der Waals surface area contributed by atoms with Gasteiger partial charge >= 0.3 is 0 Å². The summed E-state index contributed by atoms with van der Waals surface area (Å²) in [7, 11) is 0. The van der Waals surface area contributed by atoms with Crippen LogP contribution in [0.5, 0.6) is 0 Å². The summed E-state index contributed by atoms with van der Waals surface area (Å²) in [6.45, 7) is 7.21. The first-order valence-corrected chi connectivity index (χ1v) is 9.87. The van der Waals surface area contributed by atoms with Crippen molar-refractivity contribution < 1.29 is 4.79 Å². The minimum Gasteiger partial charge on any atom is -0.345 e. The maximum Gasteiger partial charge on any atom is 0.228 e. The van der Waals surface area contributed by atoms with Crippen molar-refractivity contribution in [3.8, 4) is 0 Å². The lowest BCUT2D eigenvalue weighted by Crippen LogP contribution is -2.40. The minimum absolute atomic E-state index is 0.0759. The summed E-state index contributed by atoms with van der Waals surface area (Å²) < 4.78 is 0. The second kappa shape index (κ2) is 8.43. The van der Waals surface area contributed by atoms with Crippen molar-refractivity contribution in [2.24, 2.45) is 0 Å². The second-order valence-corrected chi connectivity index (χ2v) is 7.43. The van der Waals surface area contributed by atoms with E-state index >= 15 is 0 Å². The van der Waals surface area contributed by atoms with Gasteiger partial charge in [-0.15, -0.1) is 0 Å². The third kappa shape index (κ3) is 3.90. The Hall–Kier alpha value is -1.55. The number of hydrogen-bond donors (Lipinski definition) is 1. The molecule has 0 saturated carbocycles. The van der Waals surface area contributed by atoms with Gasteiger partial charge in [-0.05, 0) is 54.9 Å². The Bertz CT molecular complexity index is 789. The molecule has 2 atom stereocenters. The molecule has 26 heavy (non-hydrogen) atoms. The first-order chi connectivity index (χ1) is 12.5. The number of fused-ring (bicyclic) bond motifs is 1. The fourth-order valence-electron chi connectivity index (χ4n) is 3.65. The predicted molar refractivity (Wildman–Crippen MR) is 108 cm³/mol. The first kappa shape index (κ1) is 19.2. The van der Waals surface area contributed by atoms with Gasteiger partial charge in [0, 0.05) is 0 Å². The molecule has 1 aliphatic heterocycles. The Kier molecular flexibility index (Phi) is 6.23. The average Bonchev–Trinajstić information content (AvgIpc) is 2.66. The first-order valence-electron chi connectivity index (χ1n) is 9.11. The largest absolute Gasteiger partial charge is 0.345 e. The van der Waals surface area contributed by atoms with Crippen molar-refractivity contribution >= 4 is 29.1 Å². The highest BCUT2D eigenvalue weighted by atomic mass is 35.5. The van der Waals surface area contributed by atoms with Gasteiger partial charge in [0.1, 0.15) is 0 Å². The van der Waals surface area contributed by atoms with Crippen LogP contribution in [0.3, 0.4) is 0 Å². The number of nitrogens with zero attached hydrogens (tertiary/aromatic N) is 1. The molecule has 2 aromatic rings. The average molecular weight is 391 g/mol. The molecule has 3 nitrogen and oxygen atoms in total. The molecule has 5 heteroatoms. The van der Waals surface area contributed by atoms with E-state index in [1.54, 1.807) is 6.07 Å². The maximum absolute atomic E-state index is 12.9. The molecule has 1 aliphatic rings. The molecule has 1 heterocycles. The van der Waals surface area contributed by atoms with Gasteiger partial charge in [0.05, 0.1) is 22.0 Å². The van der Waals surface area contributed by atoms with E-state index in [1.807, 2.05) is 24.3 Å². The molecule has 3 rings (SSSR count). The highest BCUT2D eigenvalue weighted by molar-refractivity contribution is 6.42. The van der Waals surface area contributed by atoms with Crippen LogP contribution in [0.1, 0.15) is 48.9 Å². The molecule has 2 unspecified atom stereocenters. The van der Waals surface area contributed by atoms with Crippen LogP contribution >= 0.6 is 23.2 Å². The summed E-state index contributed by atoms with van der Waals surface area (Å²) in [6.07, 6.45) is 0.818. The van der Waals surface area contributed by atoms with Crippen LogP contribution in [0.4, 0.5) is 0 Å². The smallest absolute Gasteiger partial charge is 0.228 e. The summed E-state index contributed by atoms with van der Waals surface area (Å²) in [4.78, 5) is 15.2. The van der Waals surface area contributed by atoms with Gasteiger partial charge < -0.3 is 10.2 Å². The predicted octanol–water partition coefficient (Wildman–Crippen LogP) is 5.03. The van der Waals surface area contributed by atoms with E-state index in [0.29, 0.717) is 10.0 Å². The van der Waals surface area contributed by atoms with Crippen molar-refractivity contribution in [3.05, 3.63) is 69.2 Å². The maximum atomic E-state index is 12.9. The monoisotopic (exact) mass is 390 g/mol. The second-order valence-electron chi connectivity index (χ2n) is 6.61. The SMILES string of the molecule is CCN(CC)CCC1C(=O)NC(c2ccc(Cl)c(Cl)c2)c2ccccc21. The normalized spacial score (nSPS) is 19.3. The molecule has 0 aliphatic carbocycles. The number of amides is 1. The van der Waals surface area contributed by atoms with Gasteiger partial charge in [-0.1, -0.05) is 67.4 Å². The highest BCUT2D eigenvalue weighted by Crippen LogP contribution is 2.37. The lowest BCUT2D eigenvalue weighted by molar-refractivity contribution is -0.124. The van der Waals surface area contributed by atoms with Crippen LogP contribution < -0.4 is 5.32 Å². The van der Waals surface area contributed by atoms with Gasteiger partial charge in [0.25, 0.3) is 0 Å². The van der Waals surface area contributed by atoms with Gasteiger partial charge in [0.2, 0.25) is 5.91 Å². The molecule has 0 bridgehead atoms. The van der Waals surface area contributed by atoms with Crippen LogP contribution in [0.25, 0.3) is 0 Å². The summed E-state index contributed by atoms with van der Waals surface area (Å²) in [5, 5.41) is 4.20. The van der Waals surface area contributed by atoms with E-state index in [-0.39, 0.29) is 17.9 Å². The third-order valence-corrected chi connectivity index (χ3v) is 5.93. The molecule has 138 valence electrons. The Morgan fingerprint density at radius 1 is 1.00 bits per heavy atom. The molecular weight excluding hydrogens is 367 g/mol. The summed E-state index contributed by atoms with van der Waals surface area (Å²) in [5.74, 6) is -0.0437. The molecule has 0 saturated heterocycles. The topological polar surface area (TPSA) is 32.3 Å². The highest BCUT2D eigenvalue weighted by Gasteiger charge is 2.33. The van der Waals surface area contributed by atoms with Gasteiger partial charge in [-0.2, -0.15) is 0 Å². The number of nitrogens with one attached hydrogen (secondary N) is 1. The van der Waals surface area contributed by atoms with E-state index in [9.17, 15) is 4.79 Å². The van der Waals surface area contributed by atoms with E-state index in [2.05, 4.69) is 36.2 Å². The van der Waals surface area contributed by atoms with Crippen molar-refractivity contribution in [2.45, 2.75) is 32.2 Å². The molecule has 2 aromatic carbocycles. The van der Waals surface area contributed by atoms with Crippen molar-refractivity contribution in [3.63, 3.8) is 0 Å². The standard InChI is InChI=1S/C21H24Cl2N2O/c1-3-25(4-2)12-11-17-15-7-5-6-8-16(15)20(24-21(17)26)14-9-10-18(22)19(23)13-14/h5-10,13,17,20H,3-4,11-12H2,1-2H3,(H,24,26). The van der Waals surface area contributed by atoms with Crippen LogP contribution in [0.2, 0.25) is 10.0 Å². The molecule has 1 amide bonds. The van der Waals surface area contributed by atoms with Crippen molar-refractivity contribution in [1.29, 1.82) is 0 Å². The van der Waals surface area contributed by atoms with Gasteiger partial charge in [0.15, 0.2) is 0 Å². The number of halogens is 2. The van der Waals surface area contributed by atoms with Crippen molar-refractivity contribution in [1.82, 2.24) is 10.2 Å². The van der Waals surface area contributed by atoms with Crippen LogP contribution in [0.15, 0.2) is 42.5 Å². The number of rotatable bonds is 6. The number of benzene rings is 2. The zero-order valence-corrected chi connectivity index (χ0v) is 16.6. The number of hydrogen-bond acceptors (Lipinski definition) is 2. The third-order valence-electron chi connectivity index (χ3n) is 5.19. The minimum atomic E-state index is -0.196. The molecule has 1 N–H and O–H groups in total. The molecular formula is C21H24Cl2N2O. The number of carbonyl (C=O) groups is 1. The fraction of sp³-hybridized carbons (Fsp3) is 0.381. The fourth-order valence-corrected chi connectivity index (χ4v) is 3.95. The molecule has 0 fully saturated rings. The van der Waals surface area contributed by atoms with Gasteiger partial charge in [-0.25, -0.2) is 0 Å². The molecule has 0 spiro atoms. The summed E-state index contributed by atoms with van der Waals surface area (Å²) >= 11 is 12.2. The summed E-state index contributed by atoms with van der Waals surface area (Å²) in [6, 6.07) is 13.5. The Labute approximate surface area is 165 Å². The Morgan fingerprint density at radius 2 is 1.69 bits per heavy atom. The van der Waals surface area contributed by atoms with Crippen LogP contribution in [-0.2, 0) is 4.79 Å². The van der Waals surface area contributed by atoms with E-state index < -0.39 is 0 Å². The van der Waals surface area contributed by atoms with Crippen molar-refractivity contribution in [2.75, 3.05) is 19.6 Å². The Balaban J connectivity index is 1.92. The lowest BCUT2D eigenvalue weighted by atomic mass is 9.82. The van der Waals surface area contributed by atoms with Crippen LogP contribution in [0, 0.1) is 0 Å². The zero-order valence-electron chi connectivity index (χ0n) is 15.1.